The van der Waals surface area contributed by atoms with Crippen LogP contribution in [0.25, 0.3) is 6.08 Å². The lowest BCUT2D eigenvalue weighted by molar-refractivity contribution is -0.113. The zero-order valence-electron chi connectivity index (χ0n) is 26.6. The van der Waals surface area contributed by atoms with Crippen LogP contribution in [0.15, 0.2) is 131 Å². The number of halogens is 1. The van der Waals surface area contributed by atoms with Crippen LogP contribution < -0.4 is 29.7 Å². The molecule has 1 aromatic heterocycles. The van der Waals surface area contributed by atoms with Crippen molar-refractivity contribution in [2.24, 2.45) is 4.99 Å². The normalized spacial score (nSPS) is 14.2. The van der Waals surface area contributed by atoms with Crippen LogP contribution in [0.5, 0.6) is 11.5 Å². The fraction of sp³-hybridized carbons (Fsp3) is 0.154. The average Bonchev–Trinajstić information content (AvgIpc) is 3.39. The first kappa shape index (κ1) is 32.7. The van der Waals surface area contributed by atoms with Gasteiger partial charge in [-0.1, -0.05) is 95.7 Å². The molecule has 6 rings (SSSR count). The summed E-state index contributed by atoms with van der Waals surface area (Å²) >= 11 is 7.67. The molecule has 7 nitrogen and oxygen atoms in total. The highest BCUT2D eigenvalue weighted by Gasteiger charge is 2.32. The van der Waals surface area contributed by atoms with Gasteiger partial charge in [-0.3, -0.25) is 14.2 Å². The highest BCUT2D eigenvalue weighted by molar-refractivity contribution is 7.07. The molecule has 0 radical (unpaired) electrons. The second-order valence-electron chi connectivity index (χ2n) is 11.1. The molecule has 2 heterocycles. The lowest BCUT2D eigenvalue weighted by Crippen LogP contribution is -2.40. The quantitative estimate of drug-likeness (QED) is 0.150. The number of hydrogen-bond donors (Lipinski definition) is 1. The Morgan fingerprint density at radius 3 is 2.42 bits per heavy atom. The molecule has 0 spiro atoms. The van der Waals surface area contributed by atoms with Crippen LogP contribution in [-0.4, -0.2) is 17.1 Å². The van der Waals surface area contributed by atoms with E-state index in [2.05, 4.69) is 11.9 Å². The van der Waals surface area contributed by atoms with Crippen molar-refractivity contribution in [3.63, 3.8) is 0 Å². The third kappa shape index (κ3) is 6.90. The number of aromatic nitrogens is 1. The van der Waals surface area contributed by atoms with Crippen molar-refractivity contribution in [1.82, 2.24) is 4.57 Å². The molecule has 5 aromatic rings. The summed E-state index contributed by atoms with van der Waals surface area (Å²) in [5.41, 5.74) is 4.67. The van der Waals surface area contributed by atoms with Crippen LogP contribution in [0.3, 0.4) is 0 Å². The smallest absolute Gasteiger partial charge is 0.271 e. The Bertz CT molecular complexity index is 2190. The lowest BCUT2D eigenvalue weighted by atomic mass is 9.95. The zero-order valence-corrected chi connectivity index (χ0v) is 28.2. The van der Waals surface area contributed by atoms with Crippen molar-refractivity contribution >= 4 is 40.6 Å². The Hall–Kier alpha value is -5.18. The van der Waals surface area contributed by atoms with Crippen LogP contribution in [0, 0.1) is 0 Å². The van der Waals surface area contributed by atoms with Crippen LogP contribution in [0.1, 0.15) is 42.1 Å². The standard InChI is InChI=1S/C39H34ClN3O4S/c1-4-14-28-21-26(22-32(46-5-2)36(28)47-24-29-17-12-13-20-31(29)40)23-33-38(45)43-35(27-15-8-6-9-16-27)34(25(3)41-39(43)48-33)37(44)42-30-18-10-7-11-19-30/h4,6-13,15-23,35H,1,5,14,24H2,2-3H3,(H,42,44)/b33-23+/t35-/m1/s1. The SMILES string of the molecule is C=CCc1cc(/C=c2/sc3n(c2=O)[C@H](c2ccccc2)C(C(=O)Nc2ccccc2)=C(C)N=3)cc(OCC)c1OCc1ccccc1Cl. The first-order valence-corrected chi connectivity index (χ1v) is 16.8. The number of nitrogens with one attached hydrogen (secondary N) is 1. The summed E-state index contributed by atoms with van der Waals surface area (Å²) in [7, 11) is 0. The molecule has 1 N–H and O–H groups in total. The second kappa shape index (κ2) is 14.7. The van der Waals surface area contributed by atoms with E-state index in [1.165, 1.54) is 11.3 Å². The molecule has 0 unspecified atom stereocenters. The van der Waals surface area contributed by atoms with Crippen LogP contribution >= 0.6 is 22.9 Å². The van der Waals surface area contributed by atoms with Crippen LogP contribution in [0.2, 0.25) is 5.02 Å². The number of nitrogens with zero attached hydrogens (tertiary/aromatic N) is 2. The molecule has 1 aliphatic rings. The minimum Gasteiger partial charge on any atom is -0.490 e. The number of para-hydroxylation sites is 1. The first-order chi connectivity index (χ1) is 23.4. The number of ether oxygens (including phenoxy) is 2. The predicted octanol–water partition coefficient (Wildman–Crippen LogP) is 7.23. The zero-order chi connectivity index (χ0) is 33.6. The number of benzene rings is 4. The molecule has 0 fully saturated rings. The average molecular weight is 676 g/mol. The van der Waals surface area contributed by atoms with Gasteiger partial charge in [0.1, 0.15) is 6.61 Å². The minimum absolute atomic E-state index is 0.243. The molecule has 4 aromatic carbocycles. The lowest BCUT2D eigenvalue weighted by Gasteiger charge is -2.25. The third-order valence-corrected chi connectivity index (χ3v) is 9.21. The third-order valence-electron chi connectivity index (χ3n) is 7.86. The number of carbonyl (C=O) groups excluding carboxylic acids is 1. The van der Waals surface area contributed by atoms with E-state index in [4.69, 9.17) is 26.1 Å². The van der Waals surface area contributed by atoms with Gasteiger partial charge in [-0.05, 0) is 67.8 Å². The van der Waals surface area contributed by atoms with Gasteiger partial charge in [0.15, 0.2) is 16.3 Å². The van der Waals surface area contributed by atoms with Crippen molar-refractivity contribution in [1.29, 1.82) is 0 Å². The van der Waals surface area contributed by atoms with Gasteiger partial charge in [0.2, 0.25) is 0 Å². The van der Waals surface area contributed by atoms with Crippen molar-refractivity contribution in [2.75, 3.05) is 11.9 Å². The molecule has 0 aliphatic carbocycles. The number of rotatable bonds is 11. The van der Waals surface area contributed by atoms with Crippen molar-refractivity contribution < 1.29 is 14.3 Å². The predicted molar refractivity (Wildman–Crippen MR) is 193 cm³/mol. The topological polar surface area (TPSA) is 81.9 Å². The molecular formula is C39H34ClN3O4S. The summed E-state index contributed by atoms with van der Waals surface area (Å²) in [5.74, 6) is 0.846. The monoisotopic (exact) mass is 675 g/mol. The Labute approximate surface area is 287 Å². The van der Waals surface area contributed by atoms with Gasteiger partial charge in [0, 0.05) is 21.8 Å². The number of allylic oxidation sites excluding steroid dienone is 2. The molecular weight excluding hydrogens is 642 g/mol. The molecule has 0 saturated heterocycles. The minimum atomic E-state index is -0.663. The molecule has 242 valence electrons. The molecule has 1 atom stereocenters. The van der Waals surface area contributed by atoms with Gasteiger partial charge >= 0.3 is 0 Å². The Kier molecular flexibility index (Phi) is 10.0. The van der Waals surface area contributed by atoms with Gasteiger partial charge in [0.05, 0.1) is 28.5 Å². The maximum atomic E-state index is 14.3. The number of fused-ring (bicyclic) bond motifs is 1. The summed E-state index contributed by atoms with van der Waals surface area (Å²) in [6, 6.07) is 29.5. The maximum absolute atomic E-state index is 14.3. The summed E-state index contributed by atoms with van der Waals surface area (Å²) < 4.78 is 14.4. The molecule has 48 heavy (non-hydrogen) atoms. The molecule has 0 saturated carbocycles. The van der Waals surface area contributed by atoms with E-state index in [1.54, 1.807) is 10.6 Å². The number of anilines is 1. The second-order valence-corrected chi connectivity index (χ2v) is 12.5. The van der Waals surface area contributed by atoms with E-state index in [1.807, 2.05) is 117 Å². The number of thiazole rings is 1. The van der Waals surface area contributed by atoms with Crippen molar-refractivity contribution in [3.05, 3.63) is 168 Å². The van der Waals surface area contributed by atoms with Crippen molar-refractivity contribution in [3.8, 4) is 11.5 Å². The highest BCUT2D eigenvalue weighted by atomic mass is 35.5. The Morgan fingerprint density at radius 1 is 1.00 bits per heavy atom. The summed E-state index contributed by atoms with van der Waals surface area (Å²) in [5, 5.41) is 3.61. The fourth-order valence-electron chi connectivity index (χ4n) is 5.70. The van der Waals surface area contributed by atoms with E-state index < -0.39 is 6.04 Å². The summed E-state index contributed by atoms with van der Waals surface area (Å²) in [6.07, 6.45) is 4.16. The summed E-state index contributed by atoms with van der Waals surface area (Å²) in [4.78, 5) is 33.3. The van der Waals surface area contributed by atoms with E-state index in [9.17, 15) is 9.59 Å². The number of carbonyl (C=O) groups is 1. The van der Waals surface area contributed by atoms with Crippen molar-refractivity contribution in [2.45, 2.75) is 32.9 Å². The van der Waals surface area contributed by atoms with E-state index in [0.717, 1.165) is 22.3 Å². The van der Waals surface area contributed by atoms with E-state index >= 15 is 0 Å². The van der Waals surface area contributed by atoms with Crippen LogP contribution in [-0.2, 0) is 17.8 Å². The Morgan fingerprint density at radius 2 is 1.71 bits per heavy atom. The molecule has 1 aliphatic heterocycles. The van der Waals surface area contributed by atoms with Gasteiger partial charge in [-0.2, -0.15) is 0 Å². The number of amides is 1. The van der Waals surface area contributed by atoms with Crippen LogP contribution in [0.4, 0.5) is 5.69 Å². The van der Waals surface area contributed by atoms with Gasteiger partial charge in [-0.15, -0.1) is 6.58 Å². The Balaban J connectivity index is 1.43. The first-order valence-electron chi connectivity index (χ1n) is 15.6. The molecule has 0 bridgehead atoms. The van der Waals surface area contributed by atoms with Gasteiger partial charge in [-0.25, -0.2) is 4.99 Å². The fourth-order valence-corrected chi connectivity index (χ4v) is 6.94. The van der Waals surface area contributed by atoms with Gasteiger partial charge in [0.25, 0.3) is 11.5 Å². The molecule has 9 heteroatoms. The van der Waals surface area contributed by atoms with E-state index in [0.29, 0.717) is 55.8 Å². The highest BCUT2D eigenvalue weighted by Crippen LogP contribution is 2.36. The van der Waals surface area contributed by atoms with E-state index in [-0.39, 0.29) is 18.1 Å². The summed E-state index contributed by atoms with van der Waals surface area (Å²) in [6.45, 7) is 8.35. The molecule has 1 amide bonds. The number of hydrogen-bond acceptors (Lipinski definition) is 6. The van der Waals surface area contributed by atoms with Gasteiger partial charge < -0.3 is 14.8 Å². The maximum Gasteiger partial charge on any atom is 0.271 e. The largest absolute Gasteiger partial charge is 0.490 e.